The Balaban J connectivity index is 1.59. The lowest BCUT2D eigenvalue weighted by Crippen LogP contribution is -2.39. The molecule has 1 fully saturated rings. The highest BCUT2D eigenvalue weighted by Crippen LogP contribution is 2.40. The summed E-state index contributed by atoms with van der Waals surface area (Å²) >= 11 is 0. The fraction of sp³-hybridized carbons (Fsp3) is 0.333. The Morgan fingerprint density at radius 1 is 1.00 bits per heavy atom. The smallest absolute Gasteiger partial charge is 0.259 e. The summed E-state index contributed by atoms with van der Waals surface area (Å²) in [7, 11) is 0. The average molecular weight is 349 g/mol. The Labute approximate surface area is 151 Å². The van der Waals surface area contributed by atoms with Crippen LogP contribution >= 0.6 is 0 Å². The number of anilines is 1. The first kappa shape index (κ1) is 15.7. The van der Waals surface area contributed by atoms with Crippen molar-refractivity contribution in [3.05, 3.63) is 47.8 Å². The largest absolute Gasteiger partial charge is 0.306 e. The van der Waals surface area contributed by atoms with Crippen molar-refractivity contribution in [2.75, 3.05) is 31.1 Å². The zero-order chi connectivity index (χ0) is 17.7. The van der Waals surface area contributed by atoms with Crippen molar-refractivity contribution >= 4 is 33.4 Å². The average Bonchev–Trinajstić information content (AvgIpc) is 2.96. The van der Waals surface area contributed by atoms with Crippen LogP contribution in [0, 0.1) is 5.82 Å². The summed E-state index contributed by atoms with van der Waals surface area (Å²) in [5.74, 6) is -0.420. The highest BCUT2D eigenvalue weighted by molar-refractivity contribution is 6.30. The van der Waals surface area contributed by atoms with Crippen LogP contribution in [-0.2, 0) is 0 Å². The van der Waals surface area contributed by atoms with Gasteiger partial charge in [-0.2, -0.15) is 0 Å². The number of nitrogens with zero attached hydrogens (tertiary/aromatic N) is 3. The minimum absolute atomic E-state index is 0.0359. The second kappa shape index (κ2) is 6.02. The van der Waals surface area contributed by atoms with Crippen LogP contribution in [0.25, 0.3) is 21.8 Å². The molecular weight excluding hydrogens is 329 g/mol. The Kier molecular flexibility index (Phi) is 3.64. The summed E-state index contributed by atoms with van der Waals surface area (Å²) in [4.78, 5) is 22.0. The van der Waals surface area contributed by atoms with E-state index < -0.39 is 0 Å². The van der Waals surface area contributed by atoms with Gasteiger partial charge in [0.05, 0.1) is 16.8 Å². The number of hydrogen-bond donors (Lipinski definition) is 0. The molecule has 3 heterocycles. The summed E-state index contributed by atoms with van der Waals surface area (Å²) < 4.78 is 14.3. The van der Waals surface area contributed by atoms with Crippen molar-refractivity contribution in [2.45, 2.75) is 19.3 Å². The Bertz CT molecular complexity index is 1030. The number of pyridine rings is 1. The first-order valence-electron chi connectivity index (χ1n) is 9.29. The van der Waals surface area contributed by atoms with Gasteiger partial charge in [-0.15, -0.1) is 0 Å². The molecule has 0 atom stereocenters. The predicted octanol–water partition coefficient (Wildman–Crippen LogP) is 3.97. The van der Waals surface area contributed by atoms with Gasteiger partial charge in [0.1, 0.15) is 11.3 Å². The maximum atomic E-state index is 14.3. The molecule has 2 aliphatic heterocycles. The molecular formula is C21H20FN3O. The summed E-state index contributed by atoms with van der Waals surface area (Å²) in [5, 5.41) is 1.46. The molecule has 5 heteroatoms. The van der Waals surface area contributed by atoms with Crippen molar-refractivity contribution in [1.29, 1.82) is 0 Å². The molecule has 0 bridgehead atoms. The van der Waals surface area contributed by atoms with Gasteiger partial charge in [-0.05, 0) is 44.1 Å². The SMILES string of the molecule is O=C1c2c3cccc(F)c3nc3cccc(c23)N1CCN1CCCCC1. The van der Waals surface area contributed by atoms with Crippen LogP contribution in [-0.4, -0.2) is 42.0 Å². The van der Waals surface area contributed by atoms with Crippen LogP contribution in [0.4, 0.5) is 10.1 Å². The third kappa shape index (κ3) is 2.31. The molecule has 1 saturated heterocycles. The van der Waals surface area contributed by atoms with Gasteiger partial charge < -0.3 is 9.80 Å². The summed E-state index contributed by atoms with van der Waals surface area (Å²) in [5.41, 5.74) is 2.46. The number of hydrogen-bond acceptors (Lipinski definition) is 3. The number of piperidine rings is 1. The number of carbonyl (C=O) groups excluding carboxylic acids is 1. The molecule has 0 spiro atoms. The van der Waals surface area contributed by atoms with Gasteiger partial charge in [0.25, 0.3) is 5.91 Å². The molecule has 0 aliphatic carbocycles. The van der Waals surface area contributed by atoms with Crippen molar-refractivity contribution < 1.29 is 9.18 Å². The molecule has 0 radical (unpaired) electrons. The van der Waals surface area contributed by atoms with Crippen LogP contribution in [0.15, 0.2) is 36.4 Å². The van der Waals surface area contributed by atoms with E-state index in [9.17, 15) is 9.18 Å². The maximum Gasteiger partial charge on any atom is 0.259 e. The zero-order valence-corrected chi connectivity index (χ0v) is 14.5. The number of fused-ring (bicyclic) bond motifs is 2. The van der Waals surface area contributed by atoms with Crippen LogP contribution in [0.1, 0.15) is 29.6 Å². The number of rotatable bonds is 3. The normalized spacial score (nSPS) is 17.6. The summed E-state index contributed by atoms with van der Waals surface area (Å²) in [6.07, 6.45) is 3.77. The minimum atomic E-state index is -0.384. The van der Waals surface area contributed by atoms with E-state index >= 15 is 0 Å². The lowest BCUT2D eigenvalue weighted by atomic mass is 10.0. The van der Waals surface area contributed by atoms with Crippen molar-refractivity contribution in [3.63, 3.8) is 0 Å². The Morgan fingerprint density at radius 2 is 1.81 bits per heavy atom. The van der Waals surface area contributed by atoms with Crippen molar-refractivity contribution in [3.8, 4) is 0 Å². The van der Waals surface area contributed by atoms with Crippen LogP contribution in [0.2, 0.25) is 0 Å². The molecule has 132 valence electrons. The van der Waals surface area contributed by atoms with Crippen molar-refractivity contribution in [2.24, 2.45) is 0 Å². The fourth-order valence-electron chi connectivity index (χ4n) is 4.30. The Hall–Kier alpha value is -2.53. The predicted molar refractivity (Wildman–Crippen MR) is 101 cm³/mol. The van der Waals surface area contributed by atoms with E-state index in [4.69, 9.17) is 0 Å². The second-order valence-electron chi connectivity index (χ2n) is 7.15. The number of amides is 1. The standard InChI is InChI=1S/C21H20FN3O/c22-15-7-4-6-14-18-19-16(23-20(14)15)8-5-9-17(19)25(21(18)26)13-12-24-10-2-1-3-11-24/h4-9H,1-3,10-13H2. The van der Waals surface area contributed by atoms with Crippen LogP contribution < -0.4 is 4.90 Å². The lowest BCUT2D eigenvalue weighted by molar-refractivity contribution is 0.0990. The molecule has 26 heavy (non-hydrogen) atoms. The van der Waals surface area contributed by atoms with Crippen LogP contribution in [0.3, 0.4) is 0 Å². The fourth-order valence-corrected chi connectivity index (χ4v) is 4.30. The van der Waals surface area contributed by atoms with Gasteiger partial charge in [0.15, 0.2) is 0 Å². The summed E-state index contributed by atoms with van der Waals surface area (Å²) in [6.45, 7) is 3.74. The zero-order valence-electron chi connectivity index (χ0n) is 14.5. The van der Waals surface area contributed by atoms with Gasteiger partial charge in [-0.25, -0.2) is 9.37 Å². The highest BCUT2D eigenvalue weighted by Gasteiger charge is 2.32. The second-order valence-corrected chi connectivity index (χ2v) is 7.15. The summed E-state index contributed by atoms with van der Waals surface area (Å²) in [6, 6.07) is 10.6. The van der Waals surface area contributed by atoms with Gasteiger partial charge in [-0.3, -0.25) is 4.79 Å². The van der Waals surface area contributed by atoms with E-state index in [2.05, 4.69) is 9.88 Å². The first-order chi connectivity index (χ1) is 12.7. The molecule has 0 saturated carbocycles. The van der Waals surface area contributed by atoms with E-state index in [1.54, 1.807) is 12.1 Å². The van der Waals surface area contributed by atoms with E-state index in [-0.39, 0.29) is 17.2 Å². The van der Waals surface area contributed by atoms with Gasteiger partial charge >= 0.3 is 0 Å². The number of benzene rings is 2. The molecule has 2 aliphatic rings. The number of likely N-dealkylation sites (tertiary alicyclic amines) is 1. The van der Waals surface area contributed by atoms with Gasteiger partial charge in [-0.1, -0.05) is 24.6 Å². The molecule has 4 nitrogen and oxygen atoms in total. The minimum Gasteiger partial charge on any atom is -0.306 e. The molecule has 1 aromatic heterocycles. The molecule has 3 aromatic rings. The maximum absolute atomic E-state index is 14.3. The molecule has 5 rings (SSSR count). The molecule has 0 N–H and O–H groups in total. The molecule has 1 amide bonds. The lowest BCUT2D eigenvalue weighted by Gasteiger charge is -2.28. The third-order valence-electron chi connectivity index (χ3n) is 5.60. The van der Waals surface area contributed by atoms with Crippen molar-refractivity contribution in [1.82, 2.24) is 9.88 Å². The van der Waals surface area contributed by atoms with E-state index in [1.807, 2.05) is 23.1 Å². The highest BCUT2D eigenvalue weighted by atomic mass is 19.1. The van der Waals surface area contributed by atoms with E-state index in [0.29, 0.717) is 23.0 Å². The molecule has 2 aromatic carbocycles. The van der Waals surface area contributed by atoms with E-state index in [1.165, 1.54) is 25.3 Å². The monoisotopic (exact) mass is 349 g/mol. The van der Waals surface area contributed by atoms with Gasteiger partial charge in [0, 0.05) is 23.9 Å². The number of aromatic nitrogens is 1. The number of para-hydroxylation sites is 1. The topological polar surface area (TPSA) is 36.4 Å². The number of halogens is 1. The van der Waals surface area contributed by atoms with E-state index in [0.717, 1.165) is 30.7 Å². The first-order valence-corrected chi connectivity index (χ1v) is 9.29. The van der Waals surface area contributed by atoms with Crippen LogP contribution in [0.5, 0.6) is 0 Å². The Morgan fingerprint density at radius 3 is 2.65 bits per heavy atom. The quantitative estimate of drug-likeness (QED) is 0.671. The third-order valence-corrected chi connectivity index (χ3v) is 5.60. The van der Waals surface area contributed by atoms with Gasteiger partial charge in [0.2, 0.25) is 0 Å². The number of carbonyl (C=O) groups is 1. The molecule has 0 unspecified atom stereocenters.